The maximum absolute atomic E-state index is 6.41. The van der Waals surface area contributed by atoms with Crippen molar-refractivity contribution >= 4 is 71.3 Å². The Labute approximate surface area is 295 Å². The first-order chi connectivity index (χ1) is 25.3. The number of rotatable bonds is 5. The van der Waals surface area contributed by atoms with E-state index in [1.807, 2.05) is 12.1 Å². The molecule has 0 unspecified atom stereocenters. The molecular formula is C49H31NO. The Morgan fingerprint density at radius 3 is 1.71 bits per heavy atom. The lowest BCUT2D eigenvalue weighted by Crippen LogP contribution is -2.28. The third-order valence-corrected chi connectivity index (χ3v) is 11.1. The van der Waals surface area contributed by atoms with Crippen molar-refractivity contribution < 1.29 is 4.42 Å². The van der Waals surface area contributed by atoms with Crippen molar-refractivity contribution in [1.29, 1.82) is 0 Å². The molecule has 2 nitrogen and oxygen atoms in total. The zero-order valence-electron chi connectivity index (χ0n) is 27.8. The maximum atomic E-state index is 6.41. The number of fused-ring (bicyclic) bond motifs is 4. The van der Waals surface area contributed by atoms with Crippen molar-refractivity contribution in [2.45, 2.75) is 5.41 Å². The predicted molar refractivity (Wildman–Crippen MR) is 213 cm³/mol. The second-order valence-electron chi connectivity index (χ2n) is 13.6. The van der Waals surface area contributed by atoms with Crippen LogP contribution in [0, 0.1) is 0 Å². The fourth-order valence-electron chi connectivity index (χ4n) is 8.95. The molecule has 0 spiro atoms. The summed E-state index contributed by atoms with van der Waals surface area (Å²) in [5.74, 6) is 0. The summed E-state index contributed by atoms with van der Waals surface area (Å²) in [5, 5.41) is 9.93. The van der Waals surface area contributed by atoms with Gasteiger partial charge in [-0.05, 0) is 85.6 Å². The van der Waals surface area contributed by atoms with E-state index in [0.29, 0.717) is 0 Å². The smallest absolute Gasteiger partial charge is 0.137 e. The van der Waals surface area contributed by atoms with Gasteiger partial charge >= 0.3 is 0 Å². The van der Waals surface area contributed by atoms with Crippen molar-refractivity contribution in [3.8, 4) is 0 Å². The molecule has 238 valence electrons. The van der Waals surface area contributed by atoms with E-state index < -0.39 is 5.41 Å². The van der Waals surface area contributed by atoms with Gasteiger partial charge in [-0.15, -0.1) is 0 Å². The van der Waals surface area contributed by atoms with E-state index in [0.717, 1.165) is 39.0 Å². The highest BCUT2D eigenvalue weighted by molar-refractivity contribution is 6.16. The van der Waals surface area contributed by atoms with Crippen molar-refractivity contribution in [2.24, 2.45) is 0 Å². The molecule has 0 radical (unpaired) electrons. The van der Waals surface area contributed by atoms with E-state index in [1.165, 1.54) is 54.6 Å². The molecule has 1 aliphatic carbocycles. The summed E-state index contributed by atoms with van der Waals surface area (Å²) in [6, 6.07) is 68.6. The molecule has 0 saturated heterocycles. The molecule has 9 aromatic carbocycles. The molecule has 0 saturated carbocycles. The topological polar surface area (TPSA) is 16.4 Å². The van der Waals surface area contributed by atoms with Crippen LogP contribution in [0.2, 0.25) is 0 Å². The molecule has 0 bridgehead atoms. The largest absolute Gasteiger partial charge is 0.456 e. The number of hydrogen-bond donors (Lipinski definition) is 0. The first-order valence-corrected chi connectivity index (χ1v) is 17.6. The van der Waals surface area contributed by atoms with Gasteiger partial charge in [-0.3, -0.25) is 0 Å². The van der Waals surface area contributed by atoms with Gasteiger partial charge in [-0.1, -0.05) is 146 Å². The van der Waals surface area contributed by atoms with Crippen LogP contribution in [-0.4, -0.2) is 0 Å². The molecule has 0 N–H and O–H groups in total. The summed E-state index contributed by atoms with van der Waals surface area (Å²) < 4.78 is 6.41. The minimum absolute atomic E-state index is 0.458. The molecule has 2 heteroatoms. The molecule has 11 rings (SSSR count). The second-order valence-corrected chi connectivity index (χ2v) is 13.6. The van der Waals surface area contributed by atoms with Crippen LogP contribution >= 0.6 is 0 Å². The van der Waals surface area contributed by atoms with E-state index in [1.54, 1.807) is 0 Å². The van der Waals surface area contributed by atoms with E-state index in [9.17, 15) is 0 Å². The monoisotopic (exact) mass is 649 g/mol. The van der Waals surface area contributed by atoms with Crippen molar-refractivity contribution in [1.82, 2.24) is 0 Å². The van der Waals surface area contributed by atoms with Gasteiger partial charge in [0.25, 0.3) is 0 Å². The molecule has 51 heavy (non-hydrogen) atoms. The normalized spacial score (nSPS) is 13.3. The highest BCUT2D eigenvalue weighted by Gasteiger charge is 2.44. The van der Waals surface area contributed by atoms with E-state index >= 15 is 0 Å². The quantitative estimate of drug-likeness (QED) is 0.173. The average Bonchev–Trinajstić information content (AvgIpc) is 3.72. The first-order valence-electron chi connectivity index (χ1n) is 17.6. The number of nitrogens with zero attached hydrogens (tertiary/aromatic N) is 1. The summed E-state index contributed by atoms with van der Waals surface area (Å²) in [4.78, 5) is 2.37. The van der Waals surface area contributed by atoms with Crippen LogP contribution in [0.15, 0.2) is 192 Å². The predicted octanol–water partition coefficient (Wildman–Crippen LogP) is 13.2. The van der Waals surface area contributed by atoms with Crippen LogP contribution in [0.4, 0.5) is 17.1 Å². The average molecular weight is 650 g/mol. The zero-order chi connectivity index (χ0) is 33.5. The molecule has 0 fully saturated rings. The third kappa shape index (κ3) is 3.93. The highest BCUT2D eigenvalue weighted by Crippen LogP contribution is 2.56. The minimum atomic E-state index is -0.458. The Balaban J connectivity index is 1.15. The summed E-state index contributed by atoms with van der Waals surface area (Å²) >= 11 is 0. The van der Waals surface area contributed by atoms with Gasteiger partial charge in [0.05, 0.1) is 11.1 Å². The van der Waals surface area contributed by atoms with Crippen molar-refractivity contribution in [2.75, 3.05) is 4.90 Å². The number of benzene rings is 9. The Morgan fingerprint density at radius 1 is 0.373 bits per heavy atom. The van der Waals surface area contributed by atoms with Crippen LogP contribution in [0.5, 0.6) is 0 Å². The van der Waals surface area contributed by atoms with Crippen molar-refractivity contribution in [3.05, 3.63) is 210 Å². The van der Waals surface area contributed by atoms with Gasteiger partial charge in [0, 0.05) is 33.6 Å². The molecular weight excluding hydrogens is 619 g/mol. The van der Waals surface area contributed by atoms with Gasteiger partial charge in [-0.2, -0.15) is 0 Å². The molecule has 1 aliphatic rings. The first kappa shape index (κ1) is 28.2. The lowest BCUT2D eigenvalue weighted by atomic mass is 9.67. The lowest BCUT2D eigenvalue weighted by Gasteiger charge is -2.35. The molecule has 0 atom stereocenters. The van der Waals surface area contributed by atoms with Gasteiger partial charge in [0.15, 0.2) is 0 Å². The van der Waals surface area contributed by atoms with Crippen molar-refractivity contribution in [3.63, 3.8) is 0 Å². The lowest BCUT2D eigenvalue weighted by molar-refractivity contribution is 0.669. The van der Waals surface area contributed by atoms with Crippen LogP contribution < -0.4 is 4.90 Å². The number of furan rings is 1. The van der Waals surface area contributed by atoms with Gasteiger partial charge in [0.1, 0.15) is 11.2 Å². The maximum Gasteiger partial charge on any atom is 0.137 e. The standard InChI is InChI=1S/C49H31NO/c1-2-15-35(16-3-1)49(42-19-8-13-33-23-24-34-14-9-20-43(49)48(34)47(33)42)36-25-27-37(28-26-36)50(44-21-10-12-32-11-4-5-17-39(32)44)38-29-30-41-40-18-6-7-22-45(40)51-46(41)31-38/h1-31H. The van der Waals surface area contributed by atoms with Crippen LogP contribution in [-0.2, 0) is 5.41 Å². The Hall–Kier alpha value is -6.64. The number of hydrogen-bond acceptors (Lipinski definition) is 2. The summed E-state index contributed by atoms with van der Waals surface area (Å²) in [5.41, 5.74) is 9.78. The molecule has 0 amide bonds. The van der Waals surface area contributed by atoms with Gasteiger partial charge < -0.3 is 9.32 Å². The molecule has 1 heterocycles. The Bertz CT molecular complexity index is 2910. The number of para-hydroxylation sites is 1. The van der Waals surface area contributed by atoms with Crippen LogP contribution in [0.3, 0.4) is 0 Å². The second kappa shape index (κ2) is 10.7. The fourth-order valence-corrected chi connectivity index (χ4v) is 8.95. The highest BCUT2D eigenvalue weighted by atomic mass is 16.3. The molecule has 0 aliphatic heterocycles. The van der Waals surface area contributed by atoms with Crippen LogP contribution in [0.25, 0.3) is 54.3 Å². The zero-order valence-corrected chi connectivity index (χ0v) is 27.8. The van der Waals surface area contributed by atoms with E-state index in [2.05, 4.69) is 181 Å². The molecule has 1 aromatic heterocycles. The third-order valence-electron chi connectivity index (χ3n) is 11.1. The Kier molecular flexibility index (Phi) is 5.91. The SMILES string of the molecule is c1ccc(C2(c3ccc(N(c4ccc5c(c4)oc4ccccc45)c4cccc5ccccc45)cc3)c3cccc4ccc5cccc2c5c34)cc1. The summed E-state index contributed by atoms with van der Waals surface area (Å²) in [6.45, 7) is 0. The van der Waals surface area contributed by atoms with Gasteiger partial charge in [-0.25, -0.2) is 0 Å². The van der Waals surface area contributed by atoms with Gasteiger partial charge in [0.2, 0.25) is 0 Å². The van der Waals surface area contributed by atoms with E-state index in [-0.39, 0.29) is 0 Å². The number of anilines is 3. The minimum Gasteiger partial charge on any atom is -0.456 e. The summed E-state index contributed by atoms with van der Waals surface area (Å²) in [7, 11) is 0. The summed E-state index contributed by atoms with van der Waals surface area (Å²) in [6.07, 6.45) is 0. The Morgan fingerprint density at radius 2 is 0.941 bits per heavy atom. The molecule has 10 aromatic rings. The van der Waals surface area contributed by atoms with E-state index in [4.69, 9.17) is 4.42 Å². The fraction of sp³-hybridized carbons (Fsp3) is 0.0204. The van der Waals surface area contributed by atoms with Crippen LogP contribution in [0.1, 0.15) is 22.3 Å².